The Hall–Kier alpha value is -2.99. The molecule has 0 spiro atoms. The highest BCUT2D eigenvalue weighted by molar-refractivity contribution is 5.79. The van der Waals surface area contributed by atoms with Crippen LogP contribution < -0.4 is 10.9 Å². The Bertz CT molecular complexity index is 1120. The standard InChI is InChI=1S/C26H32N4O2/c1-19(2)14-20-9-11-21(12-10-20)15-29-13-5-6-22(16-29)28-25(31)17-30-18-27-24-8-4-3-7-23(24)26(30)32/h3-4,7-12,18-19,22H,5-6,13-17H2,1-2H3,(H,28,31)/t22-/m1/s1. The van der Waals surface area contributed by atoms with Gasteiger partial charge in [0, 0.05) is 19.1 Å². The zero-order chi connectivity index (χ0) is 22.5. The number of amides is 1. The molecular weight excluding hydrogens is 400 g/mol. The number of nitrogens with one attached hydrogen (secondary N) is 1. The van der Waals surface area contributed by atoms with E-state index in [0.717, 1.165) is 38.9 Å². The number of likely N-dealkylation sites (tertiary alicyclic amines) is 1. The molecule has 1 fully saturated rings. The van der Waals surface area contributed by atoms with E-state index < -0.39 is 0 Å². The van der Waals surface area contributed by atoms with Gasteiger partial charge in [0.15, 0.2) is 0 Å². The first-order valence-corrected chi connectivity index (χ1v) is 11.5. The van der Waals surface area contributed by atoms with Gasteiger partial charge in [0.2, 0.25) is 5.91 Å². The molecular formula is C26H32N4O2. The second kappa shape index (κ2) is 10.1. The first kappa shape index (κ1) is 22.2. The number of carbonyl (C=O) groups excluding carboxylic acids is 1. The van der Waals surface area contributed by atoms with Gasteiger partial charge in [-0.3, -0.25) is 19.1 Å². The molecule has 1 aromatic heterocycles. The van der Waals surface area contributed by atoms with Gasteiger partial charge in [0.25, 0.3) is 5.56 Å². The maximum absolute atomic E-state index is 12.6. The molecule has 2 heterocycles. The molecule has 0 bridgehead atoms. The number of rotatable bonds is 7. The van der Waals surface area contributed by atoms with Crippen LogP contribution in [0.3, 0.4) is 0 Å². The summed E-state index contributed by atoms with van der Waals surface area (Å²) in [5, 5.41) is 3.65. The Labute approximate surface area is 189 Å². The van der Waals surface area contributed by atoms with Gasteiger partial charge >= 0.3 is 0 Å². The fourth-order valence-corrected chi connectivity index (χ4v) is 4.47. The first-order valence-electron chi connectivity index (χ1n) is 11.5. The molecule has 0 unspecified atom stereocenters. The van der Waals surface area contributed by atoms with E-state index in [1.165, 1.54) is 22.0 Å². The number of para-hydroxylation sites is 1. The summed E-state index contributed by atoms with van der Waals surface area (Å²) >= 11 is 0. The fourth-order valence-electron chi connectivity index (χ4n) is 4.47. The summed E-state index contributed by atoms with van der Waals surface area (Å²) in [6, 6.07) is 16.2. The van der Waals surface area contributed by atoms with Crippen LogP contribution in [0.1, 0.15) is 37.8 Å². The van der Waals surface area contributed by atoms with E-state index in [2.05, 4.69) is 53.3 Å². The van der Waals surface area contributed by atoms with Gasteiger partial charge in [-0.25, -0.2) is 4.98 Å². The molecule has 3 aromatic rings. The molecule has 1 atom stereocenters. The highest BCUT2D eigenvalue weighted by Gasteiger charge is 2.22. The predicted octanol–water partition coefficient (Wildman–Crippen LogP) is 3.38. The van der Waals surface area contributed by atoms with E-state index in [9.17, 15) is 9.59 Å². The largest absolute Gasteiger partial charge is 0.351 e. The minimum atomic E-state index is -0.183. The smallest absolute Gasteiger partial charge is 0.261 e. The maximum atomic E-state index is 12.6. The quantitative estimate of drug-likeness (QED) is 0.622. The molecule has 0 radical (unpaired) electrons. The van der Waals surface area contributed by atoms with Crippen molar-refractivity contribution in [3.63, 3.8) is 0 Å². The van der Waals surface area contributed by atoms with E-state index in [-0.39, 0.29) is 24.1 Å². The molecule has 168 valence electrons. The number of hydrogen-bond acceptors (Lipinski definition) is 4. The van der Waals surface area contributed by atoms with Crippen molar-refractivity contribution < 1.29 is 4.79 Å². The van der Waals surface area contributed by atoms with Crippen molar-refractivity contribution in [3.8, 4) is 0 Å². The van der Waals surface area contributed by atoms with Gasteiger partial charge in [0.05, 0.1) is 17.2 Å². The Balaban J connectivity index is 1.32. The van der Waals surface area contributed by atoms with E-state index in [1.54, 1.807) is 12.1 Å². The molecule has 4 rings (SSSR count). The van der Waals surface area contributed by atoms with Crippen molar-refractivity contribution in [2.24, 2.45) is 5.92 Å². The van der Waals surface area contributed by atoms with Crippen LogP contribution in [-0.4, -0.2) is 39.5 Å². The number of aromatic nitrogens is 2. The summed E-state index contributed by atoms with van der Waals surface area (Å²) < 4.78 is 1.39. The molecule has 1 saturated heterocycles. The minimum absolute atomic E-state index is 0.00944. The van der Waals surface area contributed by atoms with E-state index in [0.29, 0.717) is 16.8 Å². The average Bonchev–Trinajstić information content (AvgIpc) is 2.77. The number of carbonyl (C=O) groups is 1. The number of piperidine rings is 1. The number of fused-ring (bicyclic) bond motifs is 1. The van der Waals surface area contributed by atoms with Gasteiger partial charge in [0.1, 0.15) is 6.54 Å². The Kier molecular flexibility index (Phi) is 7.00. The van der Waals surface area contributed by atoms with Crippen LogP contribution in [0.2, 0.25) is 0 Å². The van der Waals surface area contributed by atoms with Gasteiger partial charge in [-0.15, -0.1) is 0 Å². The topological polar surface area (TPSA) is 67.2 Å². The average molecular weight is 433 g/mol. The summed E-state index contributed by atoms with van der Waals surface area (Å²) in [4.78, 5) is 32.0. The van der Waals surface area contributed by atoms with Crippen molar-refractivity contribution in [3.05, 3.63) is 76.3 Å². The van der Waals surface area contributed by atoms with E-state index in [4.69, 9.17) is 0 Å². The zero-order valence-corrected chi connectivity index (χ0v) is 19.0. The Morgan fingerprint density at radius 1 is 1.12 bits per heavy atom. The lowest BCUT2D eigenvalue weighted by atomic mass is 10.0. The third kappa shape index (κ3) is 5.62. The monoisotopic (exact) mass is 432 g/mol. The third-order valence-electron chi connectivity index (χ3n) is 5.99. The highest BCUT2D eigenvalue weighted by atomic mass is 16.2. The SMILES string of the molecule is CC(C)Cc1ccc(CN2CCC[C@@H](NC(=O)Cn3cnc4ccccc4c3=O)C2)cc1. The number of hydrogen-bond donors (Lipinski definition) is 1. The van der Waals surface area contributed by atoms with Crippen LogP contribution in [0.4, 0.5) is 0 Å². The van der Waals surface area contributed by atoms with Crippen LogP contribution in [0, 0.1) is 5.92 Å². The molecule has 32 heavy (non-hydrogen) atoms. The number of nitrogens with zero attached hydrogens (tertiary/aromatic N) is 3. The van der Waals surface area contributed by atoms with E-state index >= 15 is 0 Å². The molecule has 2 aromatic carbocycles. The van der Waals surface area contributed by atoms with Crippen molar-refractivity contribution in [1.82, 2.24) is 19.8 Å². The maximum Gasteiger partial charge on any atom is 0.261 e. The highest BCUT2D eigenvalue weighted by Crippen LogP contribution is 2.16. The summed E-state index contributed by atoms with van der Waals surface area (Å²) in [7, 11) is 0. The normalized spacial score (nSPS) is 17.0. The van der Waals surface area contributed by atoms with Crippen molar-refractivity contribution >= 4 is 16.8 Å². The second-order valence-corrected chi connectivity index (χ2v) is 9.25. The van der Waals surface area contributed by atoms with Crippen LogP contribution in [0.15, 0.2) is 59.7 Å². The molecule has 1 aliphatic heterocycles. The Morgan fingerprint density at radius 2 is 1.88 bits per heavy atom. The molecule has 0 aliphatic carbocycles. The van der Waals surface area contributed by atoms with Crippen LogP contribution in [0.25, 0.3) is 10.9 Å². The fraction of sp³-hybridized carbons (Fsp3) is 0.423. The van der Waals surface area contributed by atoms with Crippen LogP contribution in [0.5, 0.6) is 0 Å². The third-order valence-corrected chi connectivity index (χ3v) is 5.99. The molecule has 0 saturated carbocycles. The summed E-state index contributed by atoms with van der Waals surface area (Å²) in [5.41, 5.74) is 3.15. The Morgan fingerprint density at radius 3 is 2.66 bits per heavy atom. The minimum Gasteiger partial charge on any atom is -0.351 e. The lowest BCUT2D eigenvalue weighted by Crippen LogP contribution is -2.48. The van der Waals surface area contributed by atoms with Gasteiger partial charge < -0.3 is 5.32 Å². The molecule has 1 N–H and O–H groups in total. The second-order valence-electron chi connectivity index (χ2n) is 9.25. The van der Waals surface area contributed by atoms with Gasteiger partial charge in [-0.05, 0) is 55.0 Å². The van der Waals surface area contributed by atoms with Crippen LogP contribution in [-0.2, 0) is 24.3 Å². The lowest BCUT2D eigenvalue weighted by Gasteiger charge is -2.33. The summed E-state index contributed by atoms with van der Waals surface area (Å²) in [6.07, 6.45) is 4.57. The van der Waals surface area contributed by atoms with Gasteiger partial charge in [-0.1, -0.05) is 50.2 Å². The van der Waals surface area contributed by atoms with E-state index in [1.807, 2.05) is 12.1 Å². The molecule has 6 heteroatoms. The zero-order valence-electron chi connectivity index (χ0n) is 19.0. The molecule has 1 aliphatic rings. The van der Waals surface area contributed by atoms with Crippen molar-refractivity contribution in [2.75, 3.05) is 13.1 Å². The van der Waals surface area contributed by atoms with Crippen molar-refractivity contribution in [1.29, 1.82) is 0 Å². The summed E-state index contributed by atoms with van der Waals surface area (Å²) in [5.74, 6) is 0.516. The molecule has 1 amide bonds. The predicted molar refractivity (Wildman–Crippen MR) is 127 cm³/mol. The lowest BCUT2D eigenvalue weighted by molar-refractivity contribution is -0.122. The van der Waals surface area contributed by atoms with Crippen molar-refractivity contribution in [2.45, 2.75) is 52.2 Å². The summed E-state index contributed by atoms with van der Waals surface area (Å²) in [6.45, 7) is 7.22. The molecule has 6 nitrogen and oxygen atoms in total. The van der Waals surface area contributed by atoms with Crippen LogP contribution >= 0.6 is 0 Å². The number of benzene rings is 2. The van der Waals surface area contributed by atoms with Gasteiger partial charge in [-0.2, -0.15) is 0 Å². The first-order chi connectivity index (χ1) is 15.5.